The maximum atomic E-state index is 12.3. The Balaban J connectivity index is 2.01. The highest BCUT2D eigenvalue weighted by atomic mass is 16.2. The van der Waals surface area contributed by atoms with Gasteiger partial charge in [0.05, 0.1) is 11.8 Å². The molecule has 1 aromatic heterocycles. The van der Waals surface area contributed by atoms with Crippen molar-refractivity contribution in [2.45, 2.75) is 20.3 Å². The van der Waals surface area contributed by atoms with Crippen molar-refractivity contribution in [1.82, 2.24) is 15.1 Å². The van der Waals surface area contributed by atoms with Gasteiger partial charge in [0.25, 0.3) is 5.91 Å². The standard InChI is InChI=1S/C15H19N3O/c1-3-18(10-9-13-7-5-4-6-8-13)15(19)14-11-16-17-12(14)2/h4-8,11H,3,9-10H2,1-2H3,(H,16,17). The van der Waals surface area contributed by atoms with Crippen LogP contribution in [0.3, 0.4) is 0 Å². The molecule has 0 fully saturated rings. The van der Waals surface area contributed by atoms with Crippen molar-refractivity contribution in [2.24, 2.45) is 0 Å². The van der Waals surface area contributed by atoms with Gasteiger partial charge in [-0.1, -0.05) is 30.3 Å². The van der Waals surface area contributed by atoms with Gasteiger partial charge in [-0.3, -0.25) is 9.89 Å². The molecule has 0 radical (unpaired) electrons. The van der Waals surface area contributed by atoms with Gasteiger partial charge < -0.3 is 4.90 Å². The Morgan fingerprint density at radius 3 is 2.63 bits per heavy atom. The van der Waals surface area contributed by atoms with E-state index in [2.05, 4.69) is 22.3 Å². The predicted molar refractivity (Wildman–Crippen MR) is 75.0 cm³/mol. The summed E-state index contributed by atoms with van der Waals surface area (Å²) in [6.07, 6.45) is 2.47. The number of H-pyrrole nitrogens is 1. The van der Waals surface area contributed by atoms with Gasteiger partial charge in [0.2, 0.25) is 0 Å². The van der Waals surface area contributed by atoms with E-state index in [0.717, 1.165) is 18.7 Å². The number of hydrogen-bond acceptors (Lipinski definition) is 2. The highest BCUT2D eigenvalue weighted by Crippen LogP contribution is 2.09. The third-order valence-corrected chi connectivity index (χ3v) is 3.24. The highest BCUT2D eigenvalue weighted by molar-refractivity contribution is 5.95. The Labute approximate surface area is 113 Å². The molecule has 19 heavy (non-hydrogen) atoms. The van der Waals surface area contributed by atoms with E-state index in [-0.39, 0.29) is 5.91 Å². The molecule has 4 nitrogen and oxygen atoms in total. The largest absolute Gasteiger partial charge is 0.338 e. The summed E-state index contributed by atoms with van der Waals surface area (Å²) in [6, 6.07) is 10.2. The lowest BCUT2D eigenvalue weighted by molar-refractivity contribution is 0.0765. The second-order valence-corrected chi connectivity index (χ2v) is 4.53. The second-order valence-electron chi connectivity index (χ2n) is 4.53. The molecule has 0 aliphatic carbocycles. The Bertz CT molecular complexity index is 533. The van der Waals surface area contributed by atoms with E-state index in [0.29, 0.717) is 12.1 Å². The Morgan fingerprint density at radius 2 is 2.05 bits per heavy atom. The van der Waals surface area contributed by atoms with Crippen LogP contribution in [0.15, 0.2) is 36.5 Å². The minimum absolute atomic E-state index is 0.0460. The van der Waals surface area contributed by atoms with Gasteiger partial charge in [0.1, 0.15) is 0 Å². The first-order valence-electron chi connectivity index (χ1n) is 6.55. The smallest absolute Gasteiger partial charge is 0.257 e. The molecule has 2 rings (SSSR count). The van der Waals surface area contributed by atoms with Crippen molar-refractivity contribution in [2.75, 3.05) is 13.1 Å². The summed E-state index contributed by atoms with van der Waals surface area (Å²) >= 11 is 0. The first-order chi connectivity index (χ1) is 9.22. The Morgan fingerprint density at radius 1 is 1.32 bits per heavy atom. The average molecular weight is 257 g/mol. The molecule has 0 saturated heterocycles. The van der Waals surface area contributed by atoms with Crippen LogP contribution in [0.1, 0.15) is 28.5 Å². The maximum absolute atomic E-state index is 12.3. The number of aromatic amines is 1. The molecule has 0 aliphatic rings. The molecule has 4 heteroatoms. The van der Waals surface area contributed by atoms with Gasteiger partial charge in [-0.05, 0) is 25.8 Å². The summed E-state index contributed by atoms with van der Waals surface area (Å²) in [6.45, 7) is 5.30. The molecule has 1 heterocycles. The van der Waals surface area contributed by atoms with E-state index in [1.807, 2.05) is 36.9 Å². The molecule has 2 aromatic rings. The lowest BCUT2D eigenvalue weighted by Gasteiger charge is -2.20. The molecule has 0 unspecified atom stereocenters. The zero-order chi connectivity index (χ0) is 13.7. The summed E-state index contributed by atoms with van der Waals surface area (Å²) in [4.78, 5) is 14.2. The Hall–Kier alpha value is -2.10. The van der Waals surface area contributed by atoms with Crippen LogP contribution in [-0.4, -0.2) is 34.1 Å². The molecule has 0 saturated carbocycles. The minimum atomic E-state index is 0.0460. The first kappa shape index (κ1) is 13.3. The van der Waals surface area contributed by atoms with Crippen LogP contribution >= 0.6 is 0 Å². The molecule has 0 aliphatic heterocycles. The van der Waals surface area contributed by atoms with Gasteiger partial charge in [0, 0.05) is 18.8 Å². The fourth-order valence-electron chi connectivity index (χ4n) is 2.05. The number of benzene rings is 1. The van der Waals surface area contributed by atoms with Crippen molar-refractivity contribution in [3.8, 4) is 0 Å². The number of aromatic nitrogens is 2. The second kappa shape index (κ2) is 6.18. The van der Waals surface area contributed by atoms with E-state index in [9.17, 15) is 4.79 Å². The Kier molecular flexibility index (Phi) is 4.34. The third kappa shape index (κ3) is 3.22. The average Bonchev–Trinajstić information content (AvgIpc) is 2.86. The van der Waals surface area contributed by atoms with Crippen LogP contribution in [0.4, 0.5) is 0 Å². The quantitative estimate of drug-likeness (QED) is 0.894. The number of aryl methyl sites for hydroxylation is 1. The first-order valence-corrected chi connectivity index (χ1v) is 6.55. The summed E-state index contributed by atoms with van der Waals surface area (Å²) in [5.74, 6) is 0.0460. The summed E-state index contributed by atoms with van der Waals surface area (Å²) < 4.78 is 0. The molecule has 0 bridgehead atoms. The van der Waals surface area contributed by atoms with E-state index in [4.69, 9.17) is 0 Å². The van der Waals surface area contributed by atoms with Gasteiger partial charge in [0.15, 0.2) is 0 Å². The van der Waals surface area contributed by atoms with E-state index >= 15 is 0 Å². The lowest BCUT2D eigenvalue weighted by atomic mass is 10.1. The van der Waals surface area contributed by atoms with Gasteiger partial charge in [-0.15, -0.1) is 0 Å². The molecular formula is C15H19N3O. The predicted octanol–water partition coefficient (Wildman–Crippen LogP) is 2.42. The fraction of sp³-hybridized carbons (Fsp3) is 0.333. The number of nitrogens with one attached hydrogen (secondary N) is 1. The van der Waals surface area contributed by atoms with Gasteiger partial charge in [-0.2, -0.15) is 5.10 Å². The topological polar surface area (TPSA) is 49.0 Å². The molecular weight excluding hydrogens is 238 g/mol. The zero-order valence-corrected chi connectivity index (χ0v) is 11.4. The normalized spacial score (nSPS) is 10.4. The summed E-state index contributed by atoms with van der Waals surface area (Å²) in [5, 5.41) is 6.71. The monoisotopic (exact) mass is 257 g/mol. The van der Waals surface area contributed by atoms with Gasteiger partial charge in [-0.25, -0.2) is 0 Å². The third-order valence-electron chi connectivity index (χ3n) is 3.24. The van der Waals surface area contributed by atoms with Crippen LogP contribution in [0.25, 0.3) is 0 Å². The number of likely N-dealkylation sites (N-methyl/N-ethyl adjacent to an activating group) is 1. The molecule has 0 spiro atoms. The maximum Gasteiger partial charge on any atom is 0.257 e. The number of amides is 1. The molecule has 100 valence electrons. The SMILES string of the molecule is CCN(CCc1ccccc1)C(=O)c1cn[nH]c1C. The molecule has 1 aromatic carbocycles. The summed E-state index contributed by atoms with van der Waals surface area (Å²) in [5.41, 5.74) is 2.73. The highest BCUT2D eigenvalue weighted by Gasteiger charge is 2.17. The van der Waals surface area contributed by atoms with Crippen molar-refractivity contribution in [3.05, 3.63) is 53.3 Å². The van der Waals surface area contributed by atoms with E-state index < -0.39 is 0 Å². The van der Waals surface area contributed by atoms with Crippen LogP contribution in [0.5, 0.6) is 0 Å². The number of hydrogen-bond donors (Lipinski definition) is 1. The number of carbonyl (C=O) groups is 1. The fourth-order valence-corrected chi connectivity index (χ4v) is 2.05. The minimum Gasteiger partial charge on any atom is -0.338 e. The molecule has 1 N–H and O–H groups in total. The number of rotatable bonds is 5. The van der Waals surface area contributed by atoms with Crippen LogP contribution in [0, 0.1) is 6.92 Å². The number of carbonyl (C=O) groups excluding carboxylic acids is 1. The van der Waals surface area contributed by atoms with Crippen molar-refractivity contribution < 1.29 is 4.79 Å². The van der Waals surface area contributed by atoms with Crippen LogP contribution in [0.2, 0.25) is 0 Å². The van der Waals surface area contributed by atoms with Crippen molar-refractivity contribution in [1.29, 1.82) is 0 Å². The van der Waals surface area contributed by atoms with E-state index in [1.165, 1.54) is 5.56 Å². The lowest BCUT2D eigenvalue weighted by Crippen LogP contribution is -2.32. The van der Waals surface area contributed by atoms with Crippen LogP contribution in [-0.2, 0) is 6.42 Å². The molecule has 0 atom stereocenters. The summed E-state index contributed by atoms with van der Waals surface area (Å²) in [7, 11) is 0. The number of nitrogens with zero attached hydrogens (tertiary/aromatic N) is 2. The van der Waals surface area contributed by atoms with Crippen LogP contribution < -0.4 is 0 Å². The zero-order valence-electron chi connectivity index (χ0n) is 11.4. The van der Waals surface area contributed by atoms with Gasteiger partial charge >= 0.3 is 0 Å². The van der Waals surface area contributed by atoms with Crippen molar-refractivity contribution in [3.63, 3.8) is 0 Å². The molecule has 1 amide bonds. The van der Waals surface area contributed by atoms with Crippen molar-refractivity contribution >= 4 is 5.91 Å². The van der Waals surface area contributed by atoms with E-state index in [1.54, 1.807) is 6.20 Å².